The first-order valence-corrected chi connectivity index (χ1v) is 3.47. The smallest absolute Gasteiger partial charge is 0.00126 e. The molecule has 3 atom stereocenters. The number of nitrogens with zero attached hydrogens (tertiary/aromatic N) is 1. The summed E-state index contributed by atoms with van der Waals surface area (Å²) in [5.74, 6) is 3.23. The zero-order valence-electron chi connectivity index (χ0n) is 5.59. The van der Waals surface area contributed by atoms with Gasteiger partial charge in [0.15, 0.2) is 0 Å². The van der Waals surface area contributed by atoms with Gasteiger partial charge in [0, 0.05) is 13.1 Å². The molecule has 0 N–H and O–H groups in total. The van der Waals surface area contributed by atoms with Crippen molar-refractivity contribution in [2.45, 2.75) is 6.92 Å². The van der Waals surface area contributed by atoms with Crippen LogP contribution in [0.4, 0.5) is 0 Å². The minimum absolute atomic E-state index is 1.06. The molecule has 1 nitrogen and oxygen atoms in total. The Hall–Kier alpha value is -0.0400. The van der Waals surface area contributed by atoms with Gasteiger partial charge in [0.05, 0.1) is 0 Å². The maximum atomic E-state index is 2.44. The molecule has 0 amide bonds. The summed E-state index contributed by atoms with van der Waals surface area (Å²) in [4.78, 5) is 2.44. The van der Waals surface area contributed by atoms with Crippen molar-refractivity contribution in [1.82, 2.24) is 4.90 Å². The minimum atomic E-state index is 1.06. The number of likely N-dealkylation sites (tertiary alicyclic amines) is 1. The van der Waals surface area contributed by atoms with Crippen molar-refractivity contribution in [3.8, 4) is 0 Å². The lowest BCUT2D eigenvalue weighted by atomic mass is 10.3. The number of rotatable bonds is 0. The molecule has 0 aromatic carbocycles. The van der Waals surface area contributed by atoms with Gasteiger partial charge in [-0.05, 0) is 24.8 Å². The van der Waals surface area contributed by atoms with Gasteiger partial charge in [0.25, 0.3) is 0 Å². The van der Waals surface area contributed by atoms with E-state index in [2.05, 4.69) is 18.9 Å². The van der Waals surface area contributed by atoms with E-state index in [1.165, 1.54) is 13.1 Å². The molecule has 1 heterocycles. The molecule has 0 radical (unpaired) electrons. The average Bonchev–Trinajstić information content (AvgIpc) is 2.29. The Morgan fingerprint density at radius 2 is 1.75 bits per heavy atom. The van der Waals surface area contributed by atoms with E-state index >= 15 is 0 Å². The van der Waals surface area contributed by atoms with Crippen LogP contribution in [-0.4, -0.2) is 25.0 Å². The normalized spacial score (nSPS) is 54.0. The van der Waals surface area contributed by atoms with Crippen LogP contribution in [0, 0.1) is 17.8 Å². The number of fused-ring (bicyclic) bond motifs is 1. The minimum Gasteiger partial charge on any atom is -0.306 e. The summed E-state index contributed by atoms with van der Waals surface area (Å²) >= 11 is 0. The zero-order valence-corrected chi connectivity index (χ0v) is 5.59. The predicted octanol–water partition coefficient (Wildman–Crippen LogP) is 0.814. The van der Waals surface area contributed by atoms with E-state index in [0.29, 0.717) is 0 Å². The third-order valence-electron chi connectivity index (χ3n) is 2.80. The number of hydrogen-bond donors (Lipinski definition) is 0. The Balaban J connectivity index is 2.00. The molecular weight excluding hydrogens is 98.1 g/mol. The Kier molecular flexibility index (Phi) is 0.762. The molecule has 1 saturated carbocycles. The molecule has 2 unspecified atom stereocenters. The molecule has 0 bridgehead atoms. The Morgan fingerprint density at radius 1 is 1.25 bits per heavy atom. The lowest BCUT2D eigenvalue weighted by Crippen LogP contribution is -2.18. The second-order valence-corrected chi connectivity index (χ2v) is 3.41. The van der Waals surface area contributed by atoms with Gasteiger partial charge in [0.2, 0.25) is 0 Å². The van der Waals surface area contributed by atoms with Crippen LogP contribution in [0.25, 0.3) is 0 Å². The molecule has 2 aliphatic rings. The summed E-state index contributed by atoms with van der Waals surface area (Å²) in [6.45, 7) is 5.11. The Bertz CT molecular complexity index is 99.0. The summed E-state index contributed by atoms with van der Waals surface area (Å²) in [7, 11) is 2.22. The van der Waals surface area contributed by atoms with Gasteiger partial charge in [-0.2, -0.15) is 0 Å². The summed E-state index contributed by atoms with van der Waals surface area (Å²) in [5, 5.41) is 0. The van der Waals surface area contributed by atoms with E-state index in [1.54, 1.807) is 0 Å². The topological polar surface area (TPSA) is 3.24 Å². The highest BCUT2D eigenvalue weighted by molar-refractivity contribution is 5.01. The third-order valence-corrected chi connectivity index (χ3v) is 2.80. The quantitative estimate of drug-likeness (QED) is 0.447. The fourth-order valence-electron chi connectivity index (χ4n) is 2.03. The fraction of sp³-hybridized carbons (Fsp3) is 1.00. The van der Waals surface area contributed by atoms with Crippen molar-refractivity contribution in [2.75, 3.05) is 20.1 Å². The van der Waals surface area contributed by atoms with Crippen molar-refractivity contribution in [3.63, 3.8) is 0 Å². The highest BCUT2D eigenvalue weighted by Gasteiger charge is 2.51. The van der Waals surface area contributed by atoms with Crippen LogP contribution in [0.2, 0.25) is 0 Å². The van der Waals surface area contributed by atoms with Crippen molar-refractivity contribution >= 4 is 0 Å². The monoisotopic (exact) mass is 111 g/mol. The predicted molar refractivity (Wildman–Crippen MR) is 33.6 cm³/mol. The van der Waals surface area contributed by atoms with Gasteiger partial charge in [0.1, 0.15) is 0 Å². The third kappa shape index (κ3) is 0.455. The largest absolute Gasteiger partial charge is 0.306 e. The zero-order chi connectivity index (χ0) is 5.72. The van der Waals surface area contributed by atoms with Crippen molar-refractivity contribution in [1.29, 1.82) is 0 Å². The fourth-order valence-corrected chi connectivity index (χ4v) is 2.03. The van der Waals surface area contributed by atoms with Crippen LogP contribution in [0.3, 0.4) is 0 Å². The maximum Gasteiger partial charge on any atom is 0.00126 e. The molecule has 1 aliphatic carbocycles. The molecule has 1 saturated heterocycles. The molecule has 0 aromatic rings. The molecule has 8 heavy (non-hydrogen) atoms. The van der Waals surface area contributed by atoms with Crippen molar-refractivity contribution in [2.24, 2.45) is 17.8 Å². The molecular formula is C7H13N. The molecule has 1 aliphatic heterocycles. The van der Waals surface area contributed by atoms with Crippen molar-refractivity contribution < 1.29 is 0 Å². The van der Waals surface area contributed by atoms with Gasteiger partial charge in [-0.3, -0.25) is 0 Å². The van der Waals surface area contributed by atoms with E-state index in [4.69, 9.17) is 0 Å². The lowest BCUT2D eigenvalue weighted by molar-refractivity contribution is 0.350. The second-order valence-electron chi connectivity index (χ2n) is 3.41. The molecule has 0 spiro atoms. The number of piperidine rings is 1. The lowest BCUT2D eigenvalue weighted by Gasteiger charge is -2.09. The summed E-state index contributed by atoms with van der Waals surface area (Å²) in [6, 6.07) is 0. The van der Waals surface area contributed by atoms with E-state index < -0.39 is 0 Å². The van der Waals surface area contributed by atoms with Crippen LogP contribution >= 0.6 is 0 Å². The standard InChI is InChI=1S/C7H13N/c1-5-6-3-8(2)4-7(5)6/h5-7H,3-4H2,1-2H3/t5?,6-,7?/m0/s1. The average molecular weight is 111 g/mol. The van der Waals surface area contributed by atoms with E-state index in [-0.39, 0.29) is 0 Å². The van der Waals surface area contributed by atoms with Crippen LogP contribution in [0.1, 0.15) is 6.92 Å². The maximum absolute atomic E-state index is 2.44. The molecule has 46 valence electrons. The summed E-state index contributed by atoms with van der Waals surface area (Å²) in [6.07, 6.45) is 0. The molecule has 2 fully saturated rings. The van der Waals surface area contributed by atoms with Gasteiger partial charge in [-0.1, -0.05) is 6.92 Å². The van der Waals surface area contributed by atoms with Crippen LogP contribution in [-0.2, 0) is 0 Å². The van der Waals surface area contributed by atoms with Gasteiger partial charge in [-0.15, -0.1) is 0 Å². The van der Waals surface area contributed by atoms with Crippen LogP contribution in [0.5, 0.6) is 0 Å². The Labute approximate surface area is 50.7 Å². The number of hydrogen-bond acceptors (Lipinski definition) is 1. The summed E-state index contributed by atoms with van der Waals surface area (Å²) < 4.78 is 0. The van der Waals surface area contributed by atoms with Crippen LogP contribution in [0.15, 0.2) is 0 Å². The van der Waals surface area contributed by atoms with Crippen LogP contribution < -0.4 is 0 Å². The van der Waals surface area contributed by atoms with Crippen molar-refractivity contribution in [3.05, 3.63) is 0 Å². The van der Waals surface area contributed by atoms with Gasteiger partial charge in [-0.25, -0.2) is 0 Å². The highest BCUT2D eigenvalue weighted by atomic mass is 15.1. The highest BCUT2D eigenvalue weighted by Crippen LogP contribution is 2.50. The van der Waals surface area contributed by atoms with E-state index in [1.807, 2.05) is 0 Å². The molecule has 2 rings (SSSR count). The summed E-state index contributed by atoms with van der Waals surface area (Å²) in [5.41, 5.74) is 0. The molecule has 1 heteroatoms. The van der Waals surface area contributed by atoms with Gasteiger partial charge < -0.3 is 4.90 Å². The van der Waals surface area contributed by atoms with E-state index in [0.717, 1.165) is 17.8 Å². The first-order valence-electron chi connectivity index (χ1n) is 3.47. The SMILES string of the molecule is CC1C2CN(C)C[C@@H]12. The first kappa shape index (κ1) is 4.80. The Morgan fingerprint density at radius 3 is 2.12 bits per heavy atom. The molecule has 0 aromatic heterocycles. The second kappa shape index (κ2) is 1.27. The van der Waals surface area contributed by atoms with Gasteiger partial charge >= 0.3 is 0 Å². The van der Waals surface area contributed by atoms with E-state index in [9.17, 15) is 0 Å². The first-order chi connectivity index (χ1) is 3.79.